The summed E-state index contributed by atoms with van der Waals surface area (Å²) in [4.78, 5) is 0.340. The summed E-state index contributed by atoms with van der Waals surface area (Å²) in [5.74, 6) is 0.697. The second-order valence-corrected chi connectivity index (χ2v) is 16.0. The summed E-state index contributed by atoms with van der Waals surface area (Å²) in [6.45, 7) is 14.2. The van der Waals surface area contributed by atoms with Gasteiger partial charge < -0.3 is 9.74 Å². The van der Waals surface area contributed by atoms with Crippen molar-refractivity contribution in [2.75, 3.05) is 26.2 Å². The lowest BCUT2D eigenvalue weighted by atomic mass is 9.91. The van der Waals surface area contributed by atoms with Crippen LogP contribution in [0.25, 0.3) is 0 Å². The molecule has 1 aromatic rings. The van der Waals surface area contributed by atoms with Crippen LogP contribution in [0.5, 0.6) is 0 Å². The number of benzene rings is 1. The minimum absolute atomic E-state index is 0.169. The normalized spacial score (nSPS) is 17.0. The fourth-order valence-electron chi connectivity index (χ4n) is 3.13. The Morgan fingerprint density at radius 1 is 1.14 bits per heavy atom. The molecule has 0 spiro atoms. The van der Waals surface area contributed by atoms with E-state index in [2.05, 4.69) is 43.9 Å². The van der Waals surface area contributed by atoms with Crippen LogP contribution >= 0.6 is 0 Å². The van der Waals surface area contributed by atoms with E-state index in [4.69, 9.17) is 4.43 Å². The van der Waals surface area contributed by atoms with Crippen molar-refractivity contribution in [3.63, 3.8) is 0 Å². The maximum atomic E-state index is 12.5. The molecule has 1 fully saturated rings. The van der Waals surface area contributed by atoms with Gasteiger partial charge in [-0.2, -0.15) is 0 Å². The van der Waals surface area contributed by atoms with E-state index >= 15 is 0 Å². The highest BCUT2D eigenvalue weighted by Crippen LogP contribution is 2.36. The van der Waals surface area contributed by atoms with E-state index in [0.717, 1.165) is 19.5 Å². The van der Waals surface area contributed by atoms with E-state index in [1.54, 1.807) is 12.1 Å². The Kier molecular flexibility index (Phi) is 8.28. The molecule has 0 aliphatic carbocycles. The minimum Gasteiger partial charge on any atom is -0.417 e. The second-order valence-electron chi connectivity index (χ2n) is 9.40. The molecule has 1 aromatic carbocycles. The van der Waals surface area contributed by atoms with Crippen LogP contribution in [0, 0.1) is 5.92 Å². The Morgan fingerprint density at radius 3 is 2.32 bits per heavy atom. The van der Waals surface area contributed by atoms with E-state index in [1.807, 2.05) is 12.1 Å². The van der Waals surface area contributed by atoms with Crippen molar-refractivity contribution in [2.24, 2.45) is 5.92 Å². The third-order valence-electron chi connectivity index (χ3n) is 6.10. The smallest absolute Gasteiger partial charge is 0.240 e. The van der Waals surface area contributed by atoms with Crippen LogP contribution in [0.3, 0.4) is 0 Å². The summed E-state index contributed by atoms with van der Waals surface area (Å²) in [5.41, 5.74) is 1.22. The molecule has 5 nitrogen and oxygen atoms in total. The summed E-state index contributed by atoms with van der Waals surface area (Å²) in [5, 5.41) is 3.55. The first-order valence-corrected chi connectivity index (χ1v) is 14.8. The summed E-state index contributed by atoms with van der Waals surface area (Å²) in [6, 6.07) is 7.37. The van der Waals surface area contributed by atoms with Gasteiger partial charge in [-0.05, 0) is 80.5 Å². The fraction of sp³-hybridized carbons (Fsp3) is 0.714. The lowest BCUT2D eigenvalue weighted by molar-refractivity contribution is 0.283. The van der Waals surface area contributed by atoms with Gasteiger partial charge in [0, 0.05) is 13.2 Å². The Morgan fingerprint density at radius 2 is 1.75 bits per heavy atom. The highest BCUT2D eigenvalue weighted by molar-refractivity contribution is 7.89. The average molecular weight is 427 g/mol. The SMILES string of the molecule is CC(C)(C)[Si](C)(C)OCCCNS(=O)(=O)c1ccc(CC2CCNCC2)cc1. The Balaban J connectivity index is 1.79. The summed E-state index contributed by atoms with van der Waals surface area (Å²) in [6.07, 6.45) is 4.09. The van der Waals surface area contributed by atoms with Crippen molar-refractivity contribution in [3.05, 3.63) is 29.8 Å². The highest BCUT2D eigenvalue weighted by atomic mass is 32.2. The molecule has 0 aromatic heterocycles. The van der Waals surface area contributed by atoms with Gasteiger partial charge in [0.1, 0.15) is 0 Å². The van der Waals surface area contributed by atoms with Gasteiger partial charge in [0.15, 0.2) is 8.32 Å². The predicted octanol–water partition coefficient (Wildman–Crippen LogP) is 3.92. The second kappa shape index (κ2) is 9.85. The monoisotopic (exact) mass is 426 g/mol. The van der Waals surface area contributed by atoms with Gasteiger partial charge in [-0.3, -0.25) is 0 Å². The molecule has 1 aliphatic heterocycles. The zero-order chi connectivity index (χ0) is 20.8. The van der Waals surface area contributed by atoms with Gasteiger partial charge in [-0.15, -0.1) is 0 Å². The summed E-state index contributed by atoms with van der Waals surface area (Å²) < 4.78 is 33.8. The average Bonchev–Trinajstić information content (AvgIpc) is 2.61. The van der Waals surface area contributed by atoms with Crippen molar-refractivity contribution < 1.29 is 12.8 Å². The molecule has 160 valence electrons. The molecule has 28 heavy (non-hydrogen) atoms. The molecule has 1 heterocycles. The Labute approximate surface area is 172 Å². The van der Waals surface area contributed by atoms with Crippen molar-refractivity contribution in [2.45, 2.75) is 69.5 Å². The molecule has 0 bridgehead atoms. The van der Waals surface area contributed by atoms with E-state index in [-0.39, 0.29) is 5.04 Å². The van der Waals surface area contributed by atoms with Crippen LogP contribution in [0.4, 0.5) is 0 Å². The lowest BCUT2D eigenvalue weighted by Crippen LogP contribution is -2.41. The predicted molar refractivity (Wildman–Crippen MR) is 119 cm³/mol. The van der Waals surface area contributed by atoms with Gasteiger partial charge >= 0.3 is 0 Å². The maximum Gasteiger partial charge on any atom is 0.240 e. The molecule has 1 saturated heterocycles. The van der Waals surface area contributed by atoms with Crippen LogP contribution in [0.1, 0.15) is 45.6 Å². The van der Waals surface area contributed by atoms with Gasteiger partial charge in [0.05, 0.1) is 4.90 Å². The Bertz CT molecular complexity index is 706. The van der Waals surface area contributed by atoms with Crippen LogP contribution in [-0.4, -0.2) is 43.0 Å². The first kappa shape index (κ1) is 23.5. The third-order valence-corrected chi connectivity index (χ3v) is 12.1. The van der Waals surface area contributed by atoms with Crippen LogP contribution < -0.4 is 10.0 Å². The molecule has 2 rings (SSSR count). The van der Waals surface area contributed by atoms with Crippen molar-refractivity contribution in [1.82, 2.24) is 10.0 Å². The molecule has 0 unspecified atom stereocenters. The standard InChI is InChI=1S/C21H38N2O3SSi/c1-21(2,3)28(4,5)26-16-6-13-23-27(24,25)20-9-7-18(8-10-20)17-19-11-14-22-15-12-19/h7-10,19,22-23H,6,11-17H2,1-5H3. The summed E-state index contributed by atoms with van der Waals surface area (Å²) in [7, 11) is -5.23. The van der Waals surface area contributed by atoms with Crippen LogP contribution in [0.2, 0.25) is 18.1 Å². The first-order chi connectivity index (χ1) is 13.0. The molecule has 0 atom stereocenters. The lowest BCUT2D eigenvalue weighted by Gasteiger charge is -2.36. The molecule has 0 amide bonds. The van der Waals surface area contributed by atoms with Crippen LogP contribution in [0.15, 0.2) is 29.2 Å². The number of nitrogens with one attached hydrogen (secondary N) is 2. The van der Waals surface area contributed by atoms with Crippen molar-refractivity contribution >= 4 is 18.3 Å². The van der Waals surface area contributed by atoms with E-state index in [0.29, 0.717) is 30.4 Å². The van der Waals surface area contributed by atoms with Crippen molar-refractivity contribution in [1.29, 1.82) is 0 Å². The van der Waals surface area contributed by atoms with E-state index in [9.17, 15) is 8.42 Å². The third kappa shape index (κ3) is 6.95. The number of rotatable bonds is 9. The van der Waals surface area contributed by atoms with Gasteiger partial charge in [0.25, 0.3) is 0 Å². The minimum atomic E-state index is -3.46. The molecule has 0 saturated carbocycles. The molecule has 1 aliphatic rings. The highest BCUT2D eigenvalue weighted by Gasteiger charge is 2.36. The quantitative estimate of drug-likeness (QED) is 0.464. The van der Waals surface area contributed by atoms with E-state index < -0.39 is 18.3 Å². The van der Waals surface area contributed by atoms with Crippen LogP contribution in [-0.2, 0) is 20.9 Å². The molecular formula is C21H38N2O3SSi. The number of hydrogen-bond donors (Lipinski definition) is 2. The molecule has 2 N–H and O–H groups in total. The largest absolute Gasteiger partial charge is 0.417 e. The number of hydrogen-bond acceptors (Lipinski definition) is 4. The van der Waals surface area contributed by atoms with E-state index in [1.165, 1.54) is 18.4 Å². The van der Waals surface area contributed by atoms with Crippen molar-refractivity contribution in [3.8, 4) is 0 Å². The first-order valence-electron chi connectivity index (χ1n) is 10.4. The molecule has 7 heteroatoms. The molecule has 0 radical (unpaired) electrons. The van der Waals surface area contributed by atoms with Gasteiger partial charge in [-0.1, -0.05) is 32.9 Å². The zero-order valence-electron chi connectivity index (χ0n) is 18.2. The number of piperidine rings is 1. The fourth-order valence-corrected chi connectivity index (χ4v) is 5.29. The zero-order valence-corrected chi connectivity index (χ0v) is 20.0. The summed E-state index contributed by atoms with van der Waals surface area (Å²) >= 11 is 0. The number of sulfonamides is 1. The Hall–Kier alpha value is -0.733. The topological polar surface area (TPSA) is 67.4 Å². The molecular weight excluding hydrogens is 388 g/mol. The van der Waals surface area contributed by atoms with Gasteiger partial charge in [-0.25, -0.2) is 13.1 Å². The van der Waals surface area contributed by atoms with Gasteiger partial charge in [0.2, 0.25) is 10.0 Å². The maximum absolute atomic E-state index is 12.5.